The number of nitrogens with zero attached hydrogens (tertiary/aromatic N) is 2. The van der Waals surface area contributed by atoms with Gasteiger partial charge < -0.3 is 5.11 Å². The number of rotatable bonds is 6. The molecule has 7 heteroatoms. The highest BCUT2D eigenvalue weighted by Crippen LogP contribution is 2.51. The van der Waals surface area contributed by atoms with Gasteiger partial charge in [-0.2, -0.15) is 0 Å². The number of thioether (sulfide) groups is 1. The third-order valence-electron chi connectivity index (χ3n) is 3.26. The van der Waals surface area contributed by atoms with Gasteiger partial charge in [-0.1, -0.05) is 0 Å². The lowest BCUT2D eigenvalue weighted by atomic mass is 10.1. The minimum atomic E-state index is -0.772. The quantitative estimate of drug-likeness (QED) is 0.489. The summed E-state index contributed by atoms with van der Waals surface area (Å²) >= 11 is 1.47. The van der Waals surface area contributed by atoms with Crippen molar-refractivity contribution in [2.75, 3.05) is 5.75 Å². The van der Waals surface area contributed by atoms with Gasteiger partial charge in [0.05, 0.1) is 16.4 Å². The Bertz CT molecular complexity index is 528. The highest BCUT2D eigenvalue weighted by atomic mass is 32.2. The van der Waals surface area contributed by atoms with Crippen LogP contribution in [0.4, 0.5) is 5.69 Å². The van der Waals surface area contributed by atoms with Crippen LogP contribution in [0.2, 0.25) is 0 Å². The molecule has 0 aromatic carbocycles. The van der Waals surface area contributed by atoms with Crippen LogP contribution in [0.3, 0.4) is 0 Å². The fraction of sp³-hybridized carbons (Fsp3) is 0.500. The van der Waals surface area contributed by atoms with Crippen LogP contribution in [-0.2, 0) is 4.79 Å². The first-order chi connectivity index (χ1) is 8.92. The van der Waals surface area contributed by atoms with Gasteiger partial charge in [0.15, 0.2) is 0 Å². The Balaban J connectivity index is 1.99. The SMILES string of the molecule is Cc1cc(SCC2(CC(=O)O)CC2)ncc1[N+](=O)[O-]. The van der Waals surface area contributed by atoms with Crippen molar-refractivity contribution in [3.05, 3.63) is 27.9 Å². The van der Waals surface area contributed by atoms with Crippen LogP contribution >= 0.6 is 11.8 Å². The highest BCUT2D eigenvalue weighted by molar-refractivity contribution is 7.99. The number of aromatic nitrogens is 1. The number of hydrogen-bond acceptors (Lipinski definition) is 5. The molecule has 0 spiro atoms. The molecule has 1 aromatic rings. The molecule has 0 bridgehead atoms. The van der Waals surface area contributed by atoms with Crippen LogP contribution in [0.1, 0.15) is 24.8 Å². The third kappa shape index (κ3) is 3.44. The number of carboxylic acids is 1. The Morgan fingerprint density at radius 1 is 1.63 bits per heavy atom. The molecule has 102 valence electrons. The van der Waals surface area contributed by atoms with Crippen molar-refractivity contribution in [1.29, 1.82) is 0 Å². The van der Waals surface area contributed by atoms with Crippen LogP contribution in [-0.4, -0.2) is 26.7 Å². The lowest BCUT2D eigenvalue weighted by Gasteiger charge is -2.11. The van der Waals surface area contributed by atoms with E-state index in [0.717, 1.165) is 12.8 Å². The number of aryl methyl sites for hydroxylation is 1. The van der Waals surface area contributed by atoms with Crippen LogP contribution in [0.15, 0.2) is 17.3 Å². The minimum absolute atomic E-state index is 0.0102. The van der Waals surface area contributed by atoms with Gasteiger partial charge in [-0.05, 0) is 31.2 Å². The predicted octanol–water partition coefficient (Wildman–Crippen LogP) is 2.65. The number of nitro groups is 1. The molecule has 2 rings (SSSR count). The second-order valence-electron chi connectivity index (χ2n) is 4.93. The molecular weight excluding hydrogens is 268 g/mol. The molecule has 1 aliphatic rings. The summed E-state index contributed by atoms with van der Waals surface area (Å²) in [5.74, 6) is -0.0743. The number of carboxylic acid groups (broad SMARTS) is 1. The van der Waals surface area contributed by atoms with Crippen molar-refractivity contribution >= 4 is 23.4 Å². The molecule has 1 fully saturated rings. The molecule has 0 unspecified atom stereocenters. The van der Waals surface area contributed by atoms with E-state index >= 15 is 0 Å². The van der Waals surface area contributed by atoms with Crippen molar-refractivity contribution < 1.29 is 14.8 Å². The van der Waals surface area contributed by atoms with Crippen molar-refractivity contribution in [3.8, 4) is 0 Å². The normalized spacial score (nSPS) is 16.1. The van der Waals surface area contributed by atoms with Gasteiger partial charge in [-0.3, -0.25) is 14.9 Å². The van der Waals surface area contributed by atoms with Crippen molar-refractivity contribution in [3.63, 3.8) is 0 Å². The van der Waals surface area contributed by atoms with Gasteiger partial charge in [0, 0.05) is 11.3 Å². The van der Waals surface area contributed by atoms with E-state index in [2.05, 4.69) is 4.98 Å². The zero-order valence-electron chi connectivity index (χ0n) is 10.5. The Morgan fingerprint density at radius 3 is 2.79 bits per heavy atom. The van der Waals surface area contributed by atoms with Crippen LogP contribution < -0.4 is 0 Å². The summed E-state index contributed by atoms with van der Waals surface area (Å²) in [6.45, 7) is 1.67. The summed E-state index contributed by atoms with van der Waals surface area (Å²) in [7, 11) is 0. The fourth-order valence-electron chi connectivity index (χ4n) is 1.89. The van der Waals surface area contributed by atoms with Gasteiger partial charge in [-0.25, -0.2) is 4.98 Å². The molecule has 6 nitrogen and oxygen atoms in total. The molecule has 0 aliphatic heterocycles. The van der Waals surface area contributed by atoms with Gasteiger partial charge >= 0.3 is 5.97 Å². The maximum absolute atomic E-state index is 10.7. The standard InChI is InChI=1S/C12H14N2O4S/c1-8-4-10(13-6-9(8)14(17)18)19-7-12(2-3-12)5-11(15)16/h4,6H,2-3,5,7H2,1H3,(H,15,16). The number of hydrogen-bond donors (Lipinski definition) is 1. The Kier molecular flexibility index (Phi) is 3.75. The van der Waals surface area contributed by atoms with E-state index in [9.17, 15) is 14.9 Å². The summed E-state index contributed by atoms with van der Waals surface area (Å²) in [6, 6.07) is 1.68. The van der Waals surface area contributed by atoms with Crippen LogP contribution in [0.5, 0.6) is 0 Å². The van der Waals surface area contributed by atoms with Gasteiger partial charge in [0.1, 0.15) is 6.20 Å². The van der Waals surface area contributed by atoms with Crippen LogP contribution in [0, 0.1) is 22.5 Å². The topological polar surface area (TPSA) is 93.3 Å². The number of aliphatic carboxylic acids is 1. The summed E-state index contributed by atoms with van der Waals surface area (Å²) < 4.78 is 0. The van der Waals surface area contributed by atoms with E-state index in [0.29, 0.717) is 16.3 Å². The van der Waals surface area contributed by atoms with Crippen LogP contribution in [0.25, 0.3) is 0 Å². The smallest absolute Gasteiger partial charge is 0.303 e. The molecule has 0 atom stereocenters. The Hall–Kier alpha value is -1.63. The second kappa shape index (κ2) is 5.16. The highest BCUT2D eigenvalue weighted by Gasteiger charge is 2.44. The van der Waals surface area contributed by atoms with E-state index in [4.69, 9.17) is 5.11 Å². The van der Waals surface area contributed by atoms with E-state index < -0.39 is 10.9 Å². The summed E-state index contributed by atoms with van der Waals surface area (Å²) in [5.41, 5.74) is 0.482. The van der Waals surface area contributed by atoms with Gasteiger partial charge in [-0.15, -0.1) is 11.8 Å². The fourth-order valence-corrected chi connectivity index (χ4v) is 3.12. The molecule has 0 saturated heterocycles. The second-order valence-corrected chi connectivity index (χ2v) is 5.92. The summed E-state index contributed by atoms with van der Waals surface area (Å²) in [4.78, 5) is 25.0. The predicted molar refractivity (Wildman–Crippen MR) is 70.3 cm³/mol. The Morgan fingerprint density at radius 2 is 2.32 bits per heavy atom. The van der Waals surface area contributed by atoms with E-state index in [1.807, 2.05) is 0 Å². The maximum Gasteiger partial charge on any atom is 0.303 e. The first-order valence-electron chi connectivity index (χ1n) is 5.87. The van der Waals surface area contributed by atoms with Gasteiger partial charge in [0.25, 0.3) is 5.69 Å². The molecule has 1 heterocycles. The lowest BCUT2D eigenvalue weighted by molar-refractivity contribution is -0.385. The average Bonchev–Trinajstić information content (AvgIpc) is 3.05. The van der Waals surface area contributed by atoms with E-state index in [1.165, 1.54) is 18.0 Å². The Labute approximate surface area is 114 Å². The van der Waals surface area contributed by atoms with E-state index in [-0.39, 0.29) is 17.5 Å². The zero-order chi connectivity index (χ0) is 14.0. The lowest BCUT2D eigenvalue weighted by Crippen LogP contribution is -2.11. The largest absolute Gasteiger partial charge is 0.481 e. The molecule has 0 amide bonds. The molecule has 0 radical (unpaired) electrons. The van der Waals surface area contributed by atoms with Crippen molar-refractivity contribution in [2.45, 2.75) is 31.2 Å². The first kappa shape index (κ1) is 13.8. The average molecular weight is 282 g/mol. The number of pyridine rings is 1. The van der Waals surface area contributed by atoms with E-state index in [1.54, 1.807) is 13.0 Å². The molecular formula is C12H14N2O4S. The monoisotopic (exact) mass is 282 g/mol. The molecule has 1 saturated carbocycles. The maximum atomic E-state index is 10.7. The summed E-state index contributed by atoms with van der Waals surface area (Å²) in [5, 5.41) is 20.2. The first-order valence-corrected chi connectivity index (χ1v) is 6.86. The van der Waals surface area contributed by atoms with Gasteiger partial charge in [0.2, 0.25) is 0 Å². The molecule has 1 aliphatic carbocycles. The zero-order valence-corrected chi connectivity index (χ0v) is 11.3. The molecule has 1 N–H and O–H groups in total. The minimum Gasteiger partial charge on any atom is -0.481 e. The molecule has 1 aromatic heterocycles. The van der Waals surface area contributed by atoms with Crippen molar-refractivity contribution in [2.24, 2.45) is 5.41 Å². The van der Waals surface area contributed by atoms with Crippen molar-refractivity contribution in [1.82, 2.24) is 4.98 Å². The summed E-state index contributed by atoms with van der Waals surface area (Å²) in [6.07, 6.45) is 3.30. The number of carbonyl (C=O) groups is 1. The third-order valence-corrected chi connectivity index (χ3v) is 4.54. The molecule has 19 heavy (non-hydrogen) atoms.